The number of carbonyl (C=O) groups excluding carboxylic acids is 1. The molecule has 1 amide bonds. The smallest absolute Gasteiger partial charge is 0.225 e. The molecule has 0 aromatic carbocycles. The lowest BCUT2D eigenvalue weighted by Gasteiger charge is -2.37. The first kappa shape index (κ1) is 17.2. The van der Waals surface area contributed by atoms with Crippen molar-refractivity contribution in [2.75, 3.05) is 31.1 Å². The predicted molar refractivity (Wildman–Crippen MR) is 95.8 cm³/mol. The Bertz CT molecular complexity index is 507. The van der Waals surface area contributed by atoms with Crippen LogP contribution in [-0.4, -0.2) is 47.2 Å². The molecular weight excluding hydrogens is 300 g/mol. The van der Waals surface area contributed by atoms with Crippen molar-refractivity contribution < 1.29 is 4.79 Å². The summed E-state index contributed by atoms with van der Waals surface area (Å²) in [5, 5.41) is 8.13. The Morgan fingerprint density at radius 2 is 2.00 bits per heavy atom. The molecule has 2 aliphatic rings. The zero-order chi connectivity index (χ0) is 16.8. The normalized spacial score (nSPS) is 20.4. The zero-order valence-electron chi connectivity index (χ0n) is 14.9. The van der Waals surface area contributed by atoms with Gasteiger partial charge in [-0.1, -0.05) is 39.0 Å². The van der Waals surface area contributed by atoms with E-state index < -0.39 is 0 Å². The van der Waals surface area contributed by atoms with Gasteiger partial charge in [0, 0.05) is 38.3 Å². The second kappa shape index (κ2) is 8.45. The maximum atomic E-state index is 13.0. The Balaban J connectivity index is 1.54. The van der Waals surface area contributed by atoms with Gasteiger partial charge in [-0.05, 0) is 30.9 Å². The number of nitrogens with zero attached hydrogens (tertiary/aromatic N) is 4. The number of piperazine rings is 1. The molecule has 0 spiro atoms. The van der Waals surface area contributed by atoms with Gasteiger partial charge in [-0.15, -0.1) is 5.10 Å². The van der Waals surface area contributed by atoms with Crippen LogP contribution >= 0.6 is 0 Å². The van der Waals surface area contributed by atoms with Crippen molar-refractivity contribution in [1.82, 2.24) is 15.1 Å². The lowest BCUT2D eigenvalue weighted by Crippen LogP contribution is -2.50. The molecule has 0 bridgehead atoms. The van der Waals surface area contributed by atoms with Gasteiger partial charge < -0.3 is 9.80 Å². The quantitative estimate of drug-likeness (QED) is 0.804. The minimum atomic E-state index is 0.237. The fourth-order valence-electron chi connectivity index (χ4n) is 4.22. The monoisotopic (exact) mass is 330 g/mol. The number of anilines is 1. The molecule has 1 aromatic rings. The average Bonchev–Trinajstić information content (AvgIpc) is 3.15. The maximum absolute atomic E-state index is 13.0. The highest BCUT2D eigenvalue weighted by atomic mass is 16.2. The van der Waals surface area contributed by atoms with Gasteiger partial charge in [0.2, 0.25) is 5.91 Å². The van der Waals surface area contributed by atoms with Gasteiger partial charge in [0.15, 0.2) is 5.82 Å². The standard InChI is InChI=1S/C19H30N4O/c1-2-6-17(15-16-7-3-4-8-16)19(24)23-13-11-22(12-14-23)18-9-5-10-20-21-18/h5,9-10,16-17H,2-4,6-8,11-15H2,1H3. The molecular formula is C19H30N4O. The number of aromatic nitrogens is 2. The van der Waals surface area contributed by atoms with E-state index in [0.29, 0.717) is 5.91 Å². The summed E-state index contributed by atoms with van der Waals surface area (Å²) in [6.07, 6.45) is 10.3. The third-order valence-corrected chi connectivity index (χ3v) is 5.55. The summed E-state index contributed by atoms with van der Waals surface area (Å²) in [7, 11) is 0. The van der Waals surface area contributed by atoms with Crippen LogP contribution in [0.1, 0.15) is 51.9 Å². The van der Waals surface area contributed by atoms with E-state index in [2.05, 4.69) is 26.9 Å². The molecule has 0 radical (unpaired) electrons. The predicted octanol–water partition coefficient (Wildman–Crippen LogP) is 3.12. The van der Waals surface area contributed by atoms with Gasteiger partial charge in [-0.2, -0.15) is 5.10 Å². The van der Waals surface area contributed by atoms with E-state index >= 15 is 0 Å². The summed E-state index contributed by atoms with van der Waals surface area (Å²) < 4.78 is 0. The van der Waals surface area contributed by atoms with Crippen molar-refractivity contribution in [3.05, 3.63) is 18.3 Å². The molecule has 1 aliphatic heterocycles. The van der Waals surface area contributed by atoms with Crippen LogP contribution < -0.4 is 4.90 Å². The Morgan fingerprint density at radius 3 is 2.62 bits per heavy atom. The Morgan fingerprint density at radius 1 is 1.25 bits per heavy atom. The van der Waals surface area contributed by atoms with Crippen LogP contribution in [0.3, 0.4) is 0 Å². The second-order valence-corrected chi connectivity index (χ2v) is 7.27. The fourth-order valence-corrected chi connectivity index (χ4v) is 4.22. The minimum Gasteiger partial charge on any atom is -0.352 e. The van der Waals surface area contributed by atoms with Gasteiger partial charge >= 0.3 is 0 Å². The summed E-state index contributed by atoms with van der Waals surface area (Å²) in [6.45, 7) is 5.51. The van der Waals surface area contributed by atoms with Crippen LogP contribution in [-0.2, 0) is 4.79 Å². The topological polar surface area (TPSA) is 49.3 Å². The average molecular weight is 330 g/mol. The first-order chi connectivity index (χ1) is 11.8. The van der Waals surface area contributed by atoms with Crippen LogP contribution in [0.25, 0.3) is 0 Å². The fraction of sp³-hybridized carbons (Fsp3) is 0.737. The molecule has 3 rings (SSSR count). The lowest BCUT2D eigenvalue weighted by atomic mass is 9.89. The molecule has 5 nitrogen and oxygen atoms in total. The molecule has 2 fully saturated rings. The molecule has 1 saturated carbocycles. The Labute approximate surface area is 145 Å². The van der Waals surface area contributed by atoms with Crippen LogP contribution in [0.4, 0.5) is 5.82 Å². The largest absolute Gasteiger partial charge is 0.352 e. The van der Waals surface area contributed by atoms with Gasteiger partial charge in [0.25, 0.3) is 0 Å². The Hall–Kier alpha value is -1.65. The van der Waals surface area contributed by atoms with Crippen LogP contribution in [0.15, 0.2) is 18.3 Å². The highest BCUT2D eigenvalue weighted by molar-refractivity contribution is 5.79. The zero-order valence-corrected chi connectivity index (χ0v) is 14.9. The third kappa shape index (κ3) is 4.25. The molecule has 1 saturated heterocycles. The minimum absolute atomic E-state index is 0.237. The molecule has 0 N–H and O–H groups in total. The van der Waals surface area contributed by atoms with E-state index in [4.69, 9.17) is 0 Å². The highest BCUT2D eigenvalue weighted by Crippen LogP contribution is 2.32. The summed E-state index contributed by atoms with van der Waals surface area (Å²) in [4.78, 5) is 17.3. The summed E-state index contributed by atoms with van der Waals surface area (Å²) in [6, 6.07) is 3.91. The van der Waals surface area contributed by atoms with Crippen LogP contribution in [0.5, 0.6) is 0 Å². The first-order valence-electron chi connectivity index (χ1n) is 9.59. The second-order valence-electron chi connectivity index (χ2n) is 7.27. The van der Waals surface area contributed by atoms with Crippen molar-refractivity contribution >= 4 is 11.7 Å². The lowest BCUT2D eigenvalue weighted by molar-refractivity contribution is -0.136. The van der Waals surface area contributed by atoms with Crippen molar-refractivity contribution in [3.63, 3.8) is 0 Å². The van der Waals surface area contributed by atoms with Crippen LogP contribution in [0, 0.1) is 11.8 Å². The molecule has 1 atom stereocenters. The molecule has 24 heavy (non-hydrogen) atoms. The number of amides is 1. The van der Waals surface area contributed by atoms with Crippen LogP contribution in [0.2, 0.25) is 0 Å². The molecule has 2 heterocycles. The maximum Gasteiger partial charge on any atom is 0.225 e. The van der Waals surface area contributed by atoms with E-state index in [9.17, 15) is 4.79 Å². The third-order valence-electron chi connectivity index (χ3n) is 5.55. The van der Waals surface area contributed by atoms with Gasteiger partial charge in [0.05, 0.1) is 0 Å². The van der Waals surface area contributed by atoms with Crippen molar-refractivity contribution in [1.29, 1.82) is 0 Å². The van der Waals surface area contributed by atoms with Crippen molar-refractivity contribution in [3.8, 4) is 0 Å². The molecule has 132 valence electrons. The number of carbonyl (C=O) groups is 1. The van der Waals surface area contributed by atoms with Gasteiger partial charge in [0.1, 0.15) is 0 Å². The summed E-state index contributed by atoms with van der Waals surface area (Å²) >= 11 is 0. The van der Waals surface area contributed by atoms with Crippen molar-refractivity contribution in [2.45, 2.75) is 51.9 Å². The number of rotatable bonds is 6. The summed E-state index contributed by atoms with van der Waals surface area (Å²) in [5.41, 5.74) is 0. The molecule has 1 aliphatic carbocycles. The van der Waals surface area contributed by atoms with Gasteiger partial charge in [-0.3, -0.25) is 4.79 Å². The Kier molecular flexibility index (Phi) is 6.05. The van der Waals surface area contributed by atoms with Crippen molar-refractivity contribution in [2.24, 2.45) is 11.8 Å². The molecule has 5 heteroatoms. The highest BCUT2D eigenvalue weighted by Gasteiger charge is 2.30. The first-order valence-corrected chi connectivity index (χ1v) is 9.59. The summed E-state index contributed by atoms with van der Waals surface area (Å²) in [5.74, 6) is 2.33. The number of hydrogen-bond donors (Lipinski definition) is 0. The van der Waals surface area contributed by atoms with E-state index in [1.807, 2.05) is 12.1 Å². The number of hydrogen-bond acceptors (Lipinski definition) is 4. The molecule has 1 unspecified atom stereocenters. The van der Waals surface area contributed by atoms with E-state index in [1.54, 1.807) is 6.20 Å². The molecule has 1 aromatic heterocycles. The van der Waals surface area contributed by atoms with Gasteiger partial charge in [-0.25, -0.2) is 0 Å². The van der Waals surface area contributed by atoms with E-state index in [0.717, 1.165) is 57.2 Å². The SMILES string of the molecule is CCCC(CC1CCCC1)C(=O)N1CCN(c2cccnn2)CC1. The van der Waals surface area contributed by atoms with E-state index in [1.165, 1.54) is 25.7 Å². The van der Waals surface area contributed by atoms with E-state index in [-0.39, 0.29) is 5.92 Å².